The number of nitriles is 4. The first-order valence-corrected chi connectivity index (χ1v) is 47.3. The number of ketones is 4. The third-order valence-electron chi connectivity index (χ3n) is 21.3. The second kappa shape index (κ2) is 45.2. The van der Waals surface area contributed by atoms with E-state index in [0.29, 0.717) is 196 Å². The number of amides is 1. The van der Waals surface area contributed by atoms with Gasteiger partial charge in [0, 0.05) is 98.0 Å². The fourth-order valence-corrected chi connectivity index (χ4v) is 20.1. The molecule has 718 valence electrons. The molecule has 0 radical (unpaired) electrons. The predicted molar refractivity (Wildman–Crippen MR) is 563 cm³/mol. The average Bonchev–Trinajstić information content (AvgIpc) is 1.62. The molecule has 1 amide bonds. The second-order valence-corrected chi connectivity index (χ2v) is 37.3. The number of nitrogens with zero attached hydrogens (tertiary/aromatic N) is 9. The van der Waals surface area contributed by atoms with Crippen molar-refractivity contribution in [1.29, 1.82) is 21.0 Å². The molecule has 0 unspecified atom stereocenters. The van der Waals surface area contributed by atoms with Crippen LogP contribution in [0.15, 0.2) is 163 Å². The summed E-state index contributed by atoms with van der Waals surface area (Å²) in [5.41, 5.74) is 58.0. The van der Waals surface area contributed by atoms with E-state index in [1.54, 1.807) is 160 Å². The van der Waals surface area contributed by atoms with E-state index in [1.807, 2.05) is 0 Å². The first kappa shape index (κ1) is 104. The summed E-state index contributed by atoms with van der Waals surface area (Å²) >= 11 is 18.0. The van der Waals surface area contributed by atoms with Gasteiger partial charge in [-0.2, -0.15) is 21.0 Å². The smallest absolute Gasteiger partial charge is 0.209 e. The molecule has 0 aliphatic carbocycles. The Bertz CT molecular complexity index is 6830. The Labute approximate surface area is 855 Å². The van der Waals surface area contributed by atoms with Gasteiger partial charge in [0.25, 0.3) is 0 Å². The fraction of sp³-hybridized carbons (Fsp3) is 0.141. The number of ether oxygens (including phenoxy) is 12. The standard InChI is InChI=1S/4C24H19BrN4O4S.C3H7NO/c4*1-31-15-8-12(9-16(32-2)21(15)33-3)17-14(10-26)23(28)29-24-18(17)19(27)22(34-24)20(30)11-4-6-13(25)7-5-11;1-4(2)3-5/h4*4-9H,27H2,1-3H3,(H2,28,29);3H,1-2H3. The number of nitrogen functional groups attached to an aromatic ring is 8. The molecule has 42 heteroatoms. The van der Waals surface area contributed by atoms with Crippen molar-refractivity contribution >= 4 is 225 Å². The molecule has 0 saturated carbocycles. The van der Waals surface area contributed by atoms with Gasteiger partial charge in [-0.3, -0.25) is 24.0 Å². The van der Waals surface area contributed by atoms with Gasteiger partial charge in [0.05, 0.1) is 108 Å². The summed E-state index contributed by atoms with van der Waals surface area (Å²) in [7, 11) is 21.3. The van der Waals surface area contributed by atoms with Crippen LogP contribution in [0, 0.1) is 45.3 Å². The number of thiophene rings is 4. The first-order valence-electron chi connectivity index (χ1n) is 40.8. The van der Waals surface area contributed by atoms with Gasteiger partial charge in [0.15, 0.2) is 46.0 Å². The maximum atomic E-state index is 13.3. The molecule has 8 aromatic heterocycles. The largest absolute Gasteiger partial charge is 0.493 e. The van der Waals surface area contributed by atoms with Crippen molar-refractivity contribution in [3.8, 4) is 138 Å². The molecule has 16 rings (SSSR count). The third kappa shape index (κ3) is 20.9. The summed E-state index contributed by atoms with van der Waals surface area (Å²) in [6.07, 6.45) is 0.750. The number of carbonyl (C=O) groups excluding carboxylic acids is 5. The van der Waals surface area contributed by atoms with E-state index in [-0.39, 0.29) is 91.4 Å². The summed E-state index contributed by atoms with van der Waals surface area (Å²) in [5, 5.41) is 41.5. The van der Waals surface area contributed by atoms with Gasteiger partial charge >= 0.3 is 0 Å². The Morgan fingerprint density at radius 3 is 0.582 bits per heavy atom. The van der Waals surface area contributed by atoms with Crippen molar-refractivity contribution in [2.24, 2.45) is 0 Å². The number of methoxy groups -OCH3 is 12. The highest BCUT2D eigenvalue weighted by Crippen LogP contribution is 2.54. The van der Waals surface area contributed by atoms with Gasteiger partial charge in [-0.05, 0) is 168 Å². The maximum Gasteiger partial charge on any atom is 0.209 e. The maximum absolute atomic E-state index is 13.3. The van der Waals surface area contributed by atoms with Gasteiger partial charge in [0.2, 0.25) is 52.5 Å². The minimum atomic E-state index is -0.249. The molecule has 0 fully saturated rings. The summed E-state index contributed by atoms with van der Waals surface area (Å²) in [6, 6.07) is 50.0. The summed E-state index contributed by atoms with van der Waals surface area (Å²) in [4.78, 5) is 84.4. The van der Waals surface area contributed by atoms with Crippen molar-refractivity contribution < 1.29 is 80.8 Å². The van der Waals surface area contributed by atoms with Crippen LogP contribution in [0.2, 0.25) is 0 Å². The van der Waals surface area contributed by atoms with Gasteiger partial charge in [-0.15, -0.1) is 45.3 Å². The van der Waals surface area contributed by atoms with Crippen molar-refractivity contribution in [2.75, 3.05) is 145 Å². The molecule has 34 nitrogen and oxygen atoms in total. The quantitative estimate of drug-likeness (QED) is 0.0195. The normalized spacial score (nSPS) is 10.5. The minimum absolute atomic E-state index is 0.0302. The summed E-state index contributed by atoms with van der Waals surface area (Å²) in [5.74, 6) is 3.86. The van der Waals surface area contributed by atoms with Crippen LogP contribution in [-0.2, 0) is 4.79 Å². The van der Waals surface area contributed by atoms with Gasteiger partial charge in [-0.25, -0.2) is 19.9 Å². The lowest BCUT2D eigenvalue weighted by Crippen LogP contribution is -2.06. The molecular formula is C99H83Br4N17O17S4. The topological polar surface area (TPSA) is 554 Å². The molecular weight excluding hydrogens is 2150 g/mol. The minimum Gasteiger partial charge on any atom is -0.493 e. The Morgan fingerprint density at radius 1 is 0.298 bits per heavy atom. The summed E-state index contributed by atoms with van der Waals surface area (Å²) in [6.45, 7) is 0. The first-order chi connectivity index (χ1) is 67.6. The Kier molecular flexibility index (Phi) is 33.4. The van der Waals surface area contributed by atoms with Crippen LogP contribution in [0.4, 0.5) is 46.0 Å². The number of pyridine rings is 4. The number of hydrogen-bond acceptors (Lipinski definition) is 37. The number of halogens is 4. The van der Waals surface area contributed by atoms with Crippen LogP contribution in [0.5, 0.6) is 69.0 Å². The Morgan fingerprint density at radius 2 is 0.454 bits per heavy atom. The molecule has 16 N–H and O–H groups in total. The molecule has 141 heavy (non-hydrogen) atoms. The number of aromatic nitrogens is 4. The zero-order chi connectivity index (χ0) is 103. The lowest BCUT2D eigenvalue weighted by atomic mass is 9.96. The number of fused-ring (bicyclic) bond motifs is 4. The molecule has 8 heterocycles. The van der Waals surface area contributed by atoms with Crippen LogP contribution in [0.3, 0.4) is 0 Å². The van der Waals surface area contributed by atoms with Crippen LogP contribution in [0.25, 0.3) is 85.4 Å². The molecule has 0 aliphatic rings. The molecule has 16 aromatic rings. The van der Waals surface area contributed by atoms with E-state index < -0.39 is 0 Å². The van der Waals surface area contributed by atoms with Crippen LogP contribution in [-0.4, -0.2) is 154 Å². The van der Waals surface area contributed by atoms with Crippen LogP contribution >= 0.6 is 109 Å². The Hall–Kier alpha value is -15.8. The van der Waals surface area contributed by atoms with E-state index >= 15 is 0 Å². The number of nitrogens with two attached hydrogens (primary N) is 8. The highest BCUT2D eigenvalue weighted by Gasteiger charge is 2.34. The lowest BCUT2D eigenvalue weighted by Gasteiger charge is -2.16. The second-order valence-electron chi connectivity index (χ2n) is 29.6. The molecule has 0 atom stereocenters. The van der Waals surface area contributed by atoms with Gasteiger partial charge < -0.3 is 108 Å². The highest BCUT2D eigenvalue weighted by molar-refractivity contribution is 9.11. The van der Waals surface area contributed by atoms with Gasteiger partial charge in [0.1, 0.15) is 109 Å². The SMILES string of the molecule is CN(C)C=O.COc1cc(-c2c(C#N)c(N)nc3sc(C(=O)c4ccc(Br)cc4)c(N)c23)cc(OC)c1OC.COc1cc(-c2c(C#N)c(N)nc3sc(C(=O)c4ccc(Br)cc4)c(N)c23)cc(OC)c1OC.COc1cc(-c2c(C#N)c(N)nc3sc(C(=O)c4ccc(Br)cc4)c(N)c23)cc(OC)c1OC.COc1cc(-c2c(C#N)c(N)nc3sc(C(=O)c4ccc(Br)cc4)c(N)c23)cc(OC)c1OC. The lowest BCUT2D eigenvalue weighted by molar-refractivity contribution is -0.115. The number of hydrogen-bond donors (Lipinski definition) is 8. The van der Waals surface area contributed by atoms with E-state index in [1.165, 1.54) is 90.2 Å². The average molecular weight is 2230 g/mol. The Balaban J connectivity index is 0.000000165. The molecule has 0 bridgehead atoms. The van der Waals surface area contributed by atoms with E-state index in [0.717, 1.165) is 69.6 Å². The van der Waals surface area contributed by atoms with Crippen molar-refractivity contribution in [1.82, 2.24) is 24.8 Å². The van der Waals surface area contributed by atoms with Crippen molar-refractivity contribution in [3.63, 3.8) is 0 Å². The zero-order valence-electron chi connectivity index (χ0n) is 77.2. The van der Waals surface area contributed by atoms with E-state index in [2.05, 4.69) is 108 Å². The van der Waals surface area contributed by atoms with Crippen molar-refractivity contribution in [3.05, 3.63) is 227 Å². The predicted octanol–water partition coefficient (Wildman–Crippen LogP) is 19.8. The monoisotopic (exact) mass is 2230 g/mol. The number of anilines is 8. The zero-order valence-corrected chi connectivity index (χ0v) is 86.8. The third-order valence-corrected chi connectivity index (χ3v) is 27.8. The fourth-order valence-electron chi connectivity index (χ4n) is 14.8. The van der Waals surface area contributed by atoms with Crippen LogP contribution < -0.4 is 103 Å². The summed E-state index contributed by atoms with van der Waals surface area (Å²) < 4.78 is 68.9. The molecule has 0 saturated heterocycles. The number of carbonyl (C=O) groups is 5. The molecule has 8 aromatic carbocycles. The van der Waals surface area contributed by atoms with Crippen molar-refractivity contribution in [2.45, 2.75) is 0 Å². The number of rotatable bonds is 25. The van der Waals surface area contributed by atoms with E-state index in [9.17, 15) is 45.0 Å². The number of benzene rings is 8. The van der Waals surface area contributed by atoms with E-state index in [4.69, 9.17) is 103 Å². The molecule has 0 aliphatic heterocycles. The molecule has 0 spiro atoms. The highest BCUT2D eigenvalue weighted by atomic mass is 79.9. The van der Waals surface area contributed by atoms with Crippen LogP contribution in [0.1, 0.15) is 83.2 Å². The van der Waals surface area contributed by atoms with Gasteiger partial charge in [-0.1, -0.05) is 63.7 Å².